The highest BCUT2D eigenvalue weighted by Crippen LogP contribution is 2.25. The van der Waals surface area contributed by atoms with Crippen LogP contribution in [0.1, 0.15) is 47.1 Å². The number of amides is 1. The lowest BCUT2D eigenvalue weighted by Crippen LogP contribution is -2.56. The van der Waals surface area contributed by atoms with E-state index in [-0.39, 0.29) is 17.0 Å². The van der Waals surface area contributed by atoms with Crippen molar-refractivity contribution in [2.75, 3.05) is 0 Å². The maximum atomic E-state index is 12.5. The molecule has 2 nitrogen and oxygen atoms in total. The summed E-state index contributed by atoms with van der Waals surface area (Å²) < 4.78 is 0. The van der Waals surface area contributed by atoms with Gasteiger partial charge in [0.05, 0.1) is 6.42 Å². The zero-order valence-corrected chi connectivity index (χ0v) is 12.4. The molecule has 18 heavy (non-hydrogen) atoms. The van der Waals surface area contributed by atoms with E-state index in [0.29, 0.717) is 6.42 Å². The second-order valence-electron chi connectivity index (χ2n) is 6.73. The zero-order chi connectivity index (χ0) is 14.0. The normalized spacial score (nSPS) is 12.3. The van der Waals surface area contributed by atoms with Crippen LogP contribution in [0.15, 0.2) is 30.3 Å². The van der Waals surface area contributed by atoms with Crippen LogP contribution in [0.4, 0.5) is 0 Å². The minimum Gasteiger partial charge on any atom is -0.333 e. The Labute approximate surface area is 111 Å². The monoisotopic (exact) mass is 247 g/mol. The van der Waals surface area contributed by atoms with Gasteiger partial charge in [0.15, 0.2) is 0 Å². The number of hydrogen-bond donors (Lipinski definition) is 0. The summed E-state index contributed by atoms with van der Waals surface area (Å²) in [5, 5.41) is 0. The fraction of sp³-hybridized carbons (Fsp3) is 0.562. The molecule has 0 spiro atoms. The van der Waals surface area contributed by atoms with Crippen LogP contribution in [0.5, 0.6) is 0 Å². The van der Waals surface area contributed by atoms with E-state index in [4.69, 9.17) is 0 Å². The minimum absolute atomic E-state index is 0.163. The molecule has 0 aliphatic heterocycles. The van der Waals surface area contributed by atoms with E-state index in [0.717, 1.165) is 5.56 Å². The van der Waals surface area contributed by atoms with Gasteiger partial charge in [-0.3, -0.25) is 4.79 Å². The van der Waals surface area contributed by atoms with Crippen LogP contribution < -0.4 is 0 Å². The summed E-state index contributed by atoms with van der Waals surface area (Å²) in [7, 11) is 0. The fourth-order valence-electron chi connectivity index (χ4n) is 2.60. The van der Waals surface area contributed by atoms with Crippen molar-refractivity contribution in [3.05, 3.63) is 35.9 Å². The second-order valence-corrected chi connectivity index (χ2v) is 6.73. The van der Waals surface area contributed by atoms with Gasteiger partial charge < -0.3 is 4.90 Å². The molecule has 0 atom stereocenters. The van der Waals surface area contributed by atoms with Crippen LogP contribution in [0.3, 0.4) is 0 Å². The van der Waals surface area contributed by atoms with E-state index < -0.39 is 0 Å². The molecule has 1 aromatic rings. The molecule has 0 N–H and O–H groups in total. The van der Waals surface area contributed by atoms with Crippen molar-refractivity contribution in [2.24, 2.45) is 0 Å². The lowest BCUT2D eigenvalue weighted by Gasteiger charge is -2.45. The van der Waals surface area contributed by atoms with E-state index in [1.165, 1.54) is 0 Å². The first-order valence-corrected chi connectivity index (χ1v) is 6.49. The Bertz CT molecular complexity index is 381. The molecule has 0 bridgehead atoms. The van der Waals surface area contributed by atoms with Crippen LogP contribution >= 0.6 is 0 Å². The molecule has 1 aromatic carbocycles. The summed E-state index contributed by atoms with van der Waals surface area (Å²) in [5.74, 6) is 0.182. The molecule has 0 aliphatic rings. The highest BCUT2D eigenvalue weighted by atomic mass is 16.2. The first-order chi connectivity index (χ1) is 8.12. The molecular weight excluding hydrogens is 222 g/mol. The van der Waals surface area contributed by atoms with Crippen molar-refractivity contribution < 1.29 is 4.79 Å². The Kier molecular flexibility index (Phi) is 4.20. The number of benzene rings is 1. The van der Waals surface area contributed by atoms with Gasteiger partial charge >= 0.3 is 0 Å². The lowest BCUT2D eigenvalue weighted by atomic mass is 9.94. The Balaban J connectivity index is 2.92. The molecule has 100 valence electrons. The molecule has 1 amide bonds. The molecule has 0 fully saturated rings. The second kappa shape index (κ2) is 5.13. The van der Waals surface area contributed by atoms with Gasteiger partial charge in [-0.2, -0.15) is 0 Å². The molecule has 0 saturated heterocycles. The van der Waals surface area contributed by atoms with Crippen LogP contribution in [-0.4, -0.2) is 21.9 Å². The maximum absolute atomic E-state index is 12.5. The average Bonchev–Trinajstić information content (AvgIpc) is 2.13. The van der Waals surface area contributed by atoms with Gasteiger partial charge in [-0.25, -0.2) is 0 Å². The summed E-state index contributed by atoms with van der Waals surface area (Å²) in [4.78, 5) is 14.5. The third-order valence-electron chi connectivity index (χ3n) is 2.79. The van der Waals surface area contributed by atoms with Gasteiger partial charge in [-0.05, 0) is 47.1 Å². The van der Waals surface area contributed by atoms with Crippen LogP contribution in [-0.2, 0) is 11.2 Å². The van der Waals surface area contributed by atoms with Gasteiger partial charge in [0.1, 0.15) is 0 Å². The Morgan fingerprint density at radius 2 is 1.39 bits per heavy atom. The van der Waals surface area contributed by atoms with Crippen molar-refractivity contribution in [1.29, 1.82) is 0 Å². The molecule has 2 heteroatoms. The SMILES string of the molecule is CC(C)(C)N(C(=O)Cc1ccccc1)C(C)(C)C. The first-order valence-electron chi connectivity index (χ1n) is 6.49. The summed E-state index contributed by atoms with van der Waals surface area (Å²) in [6, 6.07) is 9.92. The number of nitrogens with zero attached hydrogens (tertiary/aromatic N) is 1. The van der Waals surface area contributed by atoms with Crippen LogP contribution in [0, 0.1) is 0 Å². The molecule has 0 aromatic heterocycles. The maximum Gasteiger partial charge on any atom is 0.227 e. The summed E-state index contributed by atoms with van der Waals surface area (Å²) in [6.07, 6.45) is 0.468. The number of carbonyl (C=O) groups is 1. The largest absolute Gasteiger partial charge is 0.333 e. The quantitative estimate of drug-likeness (QED) is 0.781. The van der Waals surface area contributed by atoms with Crippen molar-refractivity contribution in [2.45, 2.75) is 59.0 Å². The third kappa shape index (κ3) is 3.86. The van der Waals surface area contributed by atoms with Crippen LogP contribution in [0.25, 0.3) is 0 Å². The van der Waals surface area contributed by atoms with E-state index in [9.17, 15) is 4.79 Å². The molecular formula is C16H25NO. The van der Waals surface area contributed by atoms with E-state index >= 15 is 0 Å². The topological polar surface area (TPSA) is 20.3 Å². The van der Waals surface area contributed by atoms with E-state index in [1.807, 2.05) is 35.2 Å². The highest BCUT2D eigenvalue weighted by molar-refractivity contribution is 5.80. The highest BCUT2D eigenvalue weighted by Gasteiger charge is 2.35. The number of rotatable bonds is 2. The number of carbonyl (C=O) groups excluding carboxylic acids is 1. The predicted octanol–water partition coefficient (Wildman–Crippen LogP) is 3.65. The van der Waals surface area contributed by atoms with Gasteiger partial charge in [0, 0.05) is 11.1 Å². The Hall–Kier alpha value is -1.31. The Morgan fingerprint density at radius 3 is 1.78 bits per heavy atom. The van der Waals surface area contributed by atoms with Gasteiger partial charge in [0.25, 0.3) is 0 Å². The lowest BCUT2D eigenvalue weighted by molar-refractivity contribution is -0.141. The van der Waals surface area contributed by atoms with Gasteiger partial charge in [-0.1, -0.05) is 30.3 Å². The van der Waals surface area contributed by atoms with E-state index in [2.05, 4.69) is 41.5 Å². The minimum atomic E-state index is -0.163. The van der Waals surface area contributed by atoms with Gasteiger partial charge in [0.2, 0.25) is 5.91 Å². The smallest absolute Gasteiger partial charge is 0.227 e. The third-order valence-corrected chi connectivity index (χ3v) is 2.79. The molecule has 0 radical (unpaired) electrons. The van der Waals surface area contributed by atoms with Crippen LogP contribution in [0.2, 0.25) is 0 Å². The summed E-state index contributed by atoms with van der Waals surface area (Å²) in [5.41, 5.74) is 0.745. The molecule has 0 heterocycles. The van der Waals surface area contributed by atoms with Crippen molar-refractivity contribution in [3.8, 4) is 0 Å². The predicted molar refractivity (Wildman–Crippen MR) is 76.5 cm³/mol. The van der Waals surface area contributed by atoms with Crippen molar-refractivity contribution in [3.63, 3.8) is 0 Å². The van der Waals surface area contributed by atoms with Crippen molar-refractivity contribution in [1.82, 2.24) is 4.90 Å². The molecule has 0 saturated carbocycles. The number of hydrogen-bond acceptors (Lipinski definition) is 1. The zero-order valence-electron chi connectivity index (χ0n) is 12.4. The molecule has 0 aliphatic carbocycles. The van der Waals surface area contributed by atoms with Gasteiger partial charge in [-0.15, -0.1) is 0 Å². The summed E-state index contributed by atoms with van der Waals surface area (Å²) in [6.45, 7) is 12.5. The fourth-order valence-corrected chi connectivity index (χ4v) is 2.60. The average molecular weight is 247 g/mol. The molecule has 0 unspecified atom stereocenters. The first kappa shape index (κ1) is 14.7. The standard InChI is InChI=1S/C16H25NO/c1-15(2,3)17(16(4,5)6)14(18)12-13-10-8-7-9-11-13/h7-11H,12H2,1-6H3. The van der Waals surface area contributed by atoms with E-state index in [1.54, 1.807) is 0 Å². The molecule has 1 rings (SSSR count). The Morgan fingerprint density at radius 1 is 0.944 bits per heavy atom. The summed E-state index contributed by atoms with van der Waals surface area (Å²) >= 11 is 0. The van der Waals surface area contributed by atoms with Crippen molar-refractivity contribution >= 4 is 5.91 Å².